The van der Waals surface area contributed by atoms with Gasteiger partial charge in [-0.1, -0.05) is 37.3 Å². The lowest BCUT2D eigenvalue weighted by molar-refractivity contribution is 0.0189. The Morgan fingerprint density at radius 1 is 1.00 bits per heavy atom. The van der Waals surface area contributed by atoms with Crippen LogP contribution in [0.3, 0.4) is 0 Å². The summed E-state index contributed by atoms with van der Waals surface area (Å²) in [5.74, 6) is 1.10. The van der Waals surface area contributed by atoms with Crippen LogP contribution in [0, 0.1) is 0 Å². The number of rotatable bonds is 3. The van der Waals surface area contributed by atoms with Crippen molar-refractivity contribution in [3.05, 3.63) is 59.4 Å². The Labute approximate surface area is 230 Å². The quantitative estimate of drug-likeness (QED) is 0.377. The lowest BCUT2D eigenvalue weighted by atomic mass is 9.95. The monoisotopic (exact) mass is 532 g/mol. The molecule has 0 aliphatic carbocycles. The Bertz CT molecular complexity index is 1350. The molecule has 0 N–H and O–H groups in total. The van der Waals surface area contributed by atoms with Crippen molar-refractivity contribution in [1.82, 2.24) is 14.5 Å². The van der Waals surface area contributed by atoms with Gasteiger partial charge >= 0.3 is 12.2 Å². The van der Waals surface area contributed by atoms with Gasteiger partial charge in [0.15, 0.2) is 0 Å². The number of carbonyl (C=O) groups is 2. The molecular weight excluding hydrogens is 492 g/mol. The first-order chi connectivity index (χ1) is 18.6. The smallest absolute Gasteiger partial charge is 0.414 e. The van der Waals surface area contributed by atoms with Crippen molar-refractivity contribution >= 4 is 28.9 Å². The zero-order valence-electron chi connectivity index (χ0n) is 23.9. The lowest BCUT2D eigenvalue weighted by Crippen LogP contribution is -2.42. The standard InChI is InChI=1S/C31H40N4O4/c1-20-12-13-24-25(34(20)30(37)38-6)14-15-26-27(24)32-28(21(2)22-10-8-7-9-11-22)35(26)23-16-18-33(19-17-23)29(36)39-31(3,4)5/h7-11,14-15,20-21,23H,12-13,16-19H2,1-6H3/t20-,21+/m0/s1. The van der Waals surface area contributed by atoms with Crippen LogP contribution in [-0.2, 0) is 15.9 Å². The van der Waals surface area contributed by atoms with Crippen molar-refractivity contribution in [3.8, 4) is 0 Å². The van der Waals surface area contributed by atoms with Gasteiger partial charge in [-0.3, -0.25) is 4.90 Å². The Morgan fingerprint density at radius 2 is 1.69 bits per heavy atom. The van der Waals surface area contributed by atoms with E-state index in [9.17, 15) is 9.59 Å². The molecule has 1 saturated heterocycles. The van der Waals surface area contributed by atoms with Gasteiger partial charge in [-0.25, -0.2) is 14.6 Å². The number of ether oxygens (including phenoxy) is 2. The largest absolute Gasteiger partial charge is 0.452 e. The second-order valence-electron chi connectivity index (χ2n) is 11.8. The predicted molar refractivity (Wildman–Crippen MR) is 152 cm³/mol. The maximum absolute atomic E-state index is 12.7. The molecule has 0 radical (unpaired) electrons. The van der Waals surface area contributed by atoms with Crippen LogP contribution >= 0.6 is 0 Å². The fraction of sp³-hybridized carbons (Fsp3) is 0.516. The molecule has 3 aromatic rings. The molecule has 2 aliphatic rings. The highest BCUT2D eigenvalue weighted by molar-refractivity contribution is 5.95. The molecule has 2 atom stereocenters. The first-order valence-electron chi connectivity index (χ1n) is 14.0. The number of carbonyl (C=O) groups excluding carboxylic acids is 2. The average Bonchev–Trinajstić information content (AvgIpc) is 3.31. The van der Waals surface area contributed by atoms with Gasteiger partial charge in [0, 0.05) is 36.7 Å². The zero-order valence-corrected chi connectivity index (χ0v) is 23.9. The van der Waals surface area contributed by atoms with Crippen molar-refractivity contribution in [2.24, 2.45) is 0 Å². The molecule has 0 saturated carbocycles. The Morgan fingerprint density at radius 3 is 2.33 bits per heavy atom. The zero-order chi connectivity index (χ0) is 27.9. The van der Waals surface area contributed by atoms with Crippen LogP contribution in [0.5, 0.6) is 0 Å². The van der Waals surface area contributed by atoms with Crippen molar-refractivity contribution < 1.29 is 19.1 Å². The number of anilines is 1. The van der Waals surface area contributed by atoms with Gasteiger partial charge in [0.2, 0.25) is 0 Å². The maximum Gasteiger partial charge on any atom is 0.414 e. The summed E-state index contributed by atoms with van der Waals surface area (Å²) in [6.07, 6.45) is 2.76. The van der Waals surface area contributed by atoms with Crippen LogP contribution in [0.1, 0.15) is 82.8 Å². The molecule has 5 rings (SSSR count). The fourth-order valence-electron chi connectivity index (χ4n) is 6.01. The van der Waals surface area contributed by atoms with E-state index >= 15 is 0 Å². The number of imidazole rings is 1. The molecule has 2 aliphatic heterocycles. The highest BCUT2D eigenvalue weighted by Crippen LogP contribution is 2.40. The number of hydrogen-bond acceptors (Lipinski definition) is 5. The molecule has 1 fully saturated rings. The number of nitrogens with zero attached hydrogens (tertiary/aromatic N) is 4. The minimum absolute atomic E-state index is 0.0596. The van der Waals surface area contributed by atoms with E-state index in [1.54, 1.807) is 4.90 Å². The Balaban J connectivity index is 1.56. The summed E-state index contributed by atoms with van der Waals surface area (Å²) >= 11 is 0. The summed E-state index contributed by atoms with van der Waals surface area (Å²) in [5, 5.41) is 0. The first kappa shape index (κ1) is 27.0. The van der Waals surface area contributed by atoms with Gasteiger partial charge in [-0.15, -0.1) is 0 Å². The predicted octanol–water partition coefficient (Wildman–Crippen LogP) is 6.67. The van der Waals surface area contributed by atoms with E-state index < -0.39 is 5.60 Å². The number of piperidine rings is 1. The summed E-state index contributed by atoms with van der Waals surface area (Å²) in [6, 6.07) is 14.9. The van der Waals surface area contributed by atoms with Gasteiger partial charge in [0.25, 0.3) is 0 Å². The number of likely N-dealkylation sites (tertiary alicyclic amines) is 1. The first-order valence-corrected chi connectivity index (χ1v) is 14.0. The number of hydrogen-bond donors (Lipinski definition) is 0. The third-order valence-corrected chi connectivity index (χ3v) is 8.02. The number of fused-ring (bicyclic) bond motifs is 3. The maximum atomic E-state index is 12.7. The van der Waals surface area contributed by atoms with Crippen LogP contribution in [-0.4, -0.2) is 58.5 Å². The summed E-state index contributed by atoms with van der Waals surface area (Å²) in [5.41, 5.74) is 4.72. The number of amides is 2. The molecule has 8 nitrogen and oxygen atoms in total. The third kappa shape index (κ3) is 5.21. The highest BCUT2D eigenvalue weighted by atomic mass is 16.6. The minimum atomic E-state index is -0.512. The van der Waals surface area contributed by atoms with Gasteiger partial charge in [-0.05, 0) is 71.1 Å². The Kier molecular flexibility index (Phi) is 7.31. The van der Waals surface area contributed by atoms with E-state index in [2.05, 4.69) is 54.8 Å². The summed E-state index contributed by atoms with van der Waals surface area (Å²) < 4.78 is 13.2. The van der Waals surface area contributed by atoms with Gasteiger partial charge < -0.3 is 18.9 Å². The minimum Gasteiger partial charge on any atom is -0.452 e. The van der Waals surface area contributed by atoms with Crippen molar-refractivity contribution in [2.75, 3.05) is 25.1 Å². The van der Waals surface area contributed by atoms with E-state index in [-0.39, 0.29) is 30.2 Å². The number of aryl methyl sites for hydroxylation is 1. The molecule has 8 heteroatoms. The van der Waals surface area contributed by atoms with E-state index in [1.807, 2.05) is 31.7 Å². The summed E-state index contributed by atoms with van der Waals surface area (Å²) in [6.45, 7) is 11.2. The second kappa shape index (κ2) is 10.5. The summed E-state index contributed by atoms with van der Waals surface area (Å²) in [4.78, 5) is 34.3. The third-order valence-electron chi connectivity index (χ3n) is 8.02. The molecule has 0 spiro atoms. The normalized spacial score (nSPS) is 19.1. The van der Waals surface area contributed by atoms with E-state index in [4.69, 9.17) is 14.5 Å². The topological polar surface area (TPSA) is 76.9 Å². The molecule has 2 amide bonds. The fourth-order valence-corrected chi connectivity index (χ4v) is 6.01. The number of methoxy groups -OCH3 is 1. The van der Waals surface area contributed by atoms with Crippen LogP contribution in [0.15, 0.2) is 42.5 Å². The number of aromatic nitrogens is 2. The lowest BCUT2D eigenvalue weighted by Gasteiger charge is -2.35. The van der Waals surface area contributed by atoms with E-state index in [1.165, 1.54) is 12.7 Å². The average molecular weight is 533 g/mol. The van der Waals surface area contributed by atoms with Gasteiger partial charge in [0.05, 0.1) is 23.8 Å². The van der Waals surface area contributed by atoms with Crippen molar-refractivity contribution in [2.45, 2.75) is 83.9 Å². The summed E-state index contributed by atoms with van der Waals surface area (Å²) in [7, 11) is 1.43. The van der Waals surface area contributed by atoms with Crippen molar-refractivity contribution in [3.63, 3.8) is 0 Å². The van der Waals surface area contributed by atoms with E-state index in [0.29, 0.717) is 13.1 Å². The molecule has 3 heterocycles. The molecule has 1 aromatic heterocycles. The molecule has 0 unspecified atom stereocenters. The molecule has 2 aromatic carbocycles. The number of benzene rings is 2. The molecule has 0 bridgehead atoms. The highest BCUT2D eigenvalue weighted by Gasteiger charge is 2.34. The molecular formula is C31H40N4O4. The van der Waals surface area contributed by atoms with Crippen LogP contribution in [0.25, 0.3) is 11.0 Å². The van der Waals surface area contributed by atoms with Crippen molar-refractivity contribution in [1.29, 1.82) is 0 Å². The van der Waals surface area contributed by atoms with Gasteiger partial charge in [-0.2, -0.15) is 0 Å². The SMILES string of the molecule is COC(=O)N1c2ccc3c(nc([C@H](C)c4ccccc4)n3C3CCN(C(=O)OC(C)(C)C)CC3)c2CC[C@@H]1C. The van der Waals surface area contributed by atoms with E-state index in [0.717, 1.165) is 53.8 Å². The second-order valence-corrected chi connectivity index (χ2v) is 11.8. The van der Waals surface area contributed by atoms with Gasteiger partial charge in [0.1, 0.15) is 11.4 Å². The van der Waals surface area contributed by atoms with Crippen LogP contribution in [0.4, 0.5) is 15.3 Å². The van der Waals surface area contributed by atoms with Crippen LogP contribution < -0.4 is 4.90 Å². The molecule has 208 valence electrons. The Hall–Kier alpha value is -3.55. The van der Waals surface area contributed by atoms with Crippen LogP contribution in [0.2, 0.25) is 0 Å². The molecule has 39 heavy (non-hydrogen) atoms.